The number of ether oxygens (including phenoxy) is 1. The van der Waals surface area contributed by atoms with Crippen LogP contribution >= 0.6 is 0 Å². The van der Waals surface area contributed by atoms with Crippen molar-refractivity contribution in [3.63, 3.8) is 0 Å². The van der Waals surface area contributed by atoms with Crippen LogP contribution < -0.4 is 16.2 Å². The maximum Gasteiger partial charge on any atom is 0.340 e. The van der Waals surface area contributed by atoms with Gasteiger partial charge >= 0.3 is 12.3 Å². The van der Waals surface area contributed by atoms with Crippen LogP contribution in [0.4, 0.5) is 23.2 Å². The Morgan fingerprint density at radius 1 is 1.39 bits per heavy atom. The number of alkyl halides is 4. The van der Waals surface area contributed by atoms with Gasteiger partial charge in [-0.25, -0.2) is 8.78 Å². The molecule has 0 heterocycles. The standard InChI is InChI=1S/C10H10F4N2O2/c11-9(12)10(13,14)4-18-7-2-1-5(8(16)17)3-6(7)15/h1-3,9H,4,15H2,(H2,16,17). The third-order valence-corrected chi connectivity index (χ3v) is 2.03. The summed E-state index contributed by atoms with van der Waals surface area (Å²) >= 11 is 0. The van der Waals surface area contributed by atoms with Crippen molar-refractivity contribution < 1.29 is 27.1 Å². The Hall–Kier alpha value is -1.99. The van der Waals surface area contributed by atoms with Crippen molar-refractivity contribution in [2.75, 3.05) is 12.3 Å². The van der Waals surface area contributed by atoms with Crippen molar-refractivity contribution in [3.8, 4) is 5.75 Å². The van der Waals surface area contributed by atoms with Crippen LogP contribution in [-0.4, -0.2) is 24.9 Å². The number of nitrogens with two attached hydrogens (primary N) is 2. The van der Waals surface area contributed by atoms with Crippen molar-refractivity contribution >= 4 is 11.6 Å². The molecule has 0 bridgehead atoms. The van der Waals surface area contributed by atoms with Crippen LogP contribution in [0, 0.1) is 0 Å². The van der Waals surface area contributed by atoms with E-state index in [4.69, 9.17) is 11.5 Å². The normalized spacial score (nSPS) is 11.6. The van der Waals surface area contributed by atoms with E-state index in [1.807, 2.05) is 0 Å². The molecule has 1 aromatic carbocycles. The highest BCUT2D eigenvalue weighted by atomic mass is 19.3. The van der Waals surface area contributed by atoms with E-state index in [1.54, 1.807) is 0 Å². The SMILES string of the molecule is NC(=O)c1ccc(OCC(F)(F)C(F)F)c(N)c1. The molecule has 1 amide bonds. The Morgan fingerprint density at radius 3 is 2.44 bits per heavy atom. The summed E-state index contributed by atoms with van der Waals surface area (Å²) in [6.45, 7) is -1.51. The second-order valence-corrected chi connectivity index (χ2v) is 3.47. The van der Waals surface area contributed by atoms with Gasteiger partial charge < -0.3 is 16.2 Å². The monoisotopic (exact) mass is 266 g/mol. The highest BCUT2D eigenvalue weighted by molar-refractivity contribution is 5.94. The summed E-state index contributed by atoms with van der Waals surface area (Å²) in [5, 5.41) is 0. The first-order chi connectivity index (χ1) is 8.24. The second kappa shape index (κ2) is 5.11. The molecule has 0 atom stereocenters. The number of primary amides is 1. The van der Waals surface area contributed by atoms with E-state index >= 15 is 0 Å². The van der Waals surface area contributed by atoms with E-state index in [1.165, 1.54) is 6.07 Å². The largest absolute Gasteiger partial charge is 0.485 e. The zero-order valence-electron chi connectivity index (χ0n) is 9.00. The minimum atomic E-state index is -4.27. The van der Waals surface area contributed by atoms with Gasteiger partial charge in [0.05, 0.1) is 5.69 Å². The molecule has 8 heteroatoms. The fraction of sp³-hybridized carbons (Fsp3) is 0.300. The zero-order valence-corrected chi connectivity index (χ0v) is 9.00. The first kappa shape index (κ1) is 14.1. The summed E-state index contributed by atoms with van der Waals surface area (Å²) < 4.78 is 53.4. The number of carbonyl (C=O) groups excluding carboxylic acids is 1. The van der Waals surface area contributed by atoms with Crippen molar-refractivity contribution in [2.24, 2.45) is 5.73 Å². The van der Waals surface area contributed by atoms with Crippen molar-refractivity contribution in [1.29, 1.82) is 0 Å². The summed E-state index contributed by atoms with van der Waals surface area (Å²) in [7, 11) is 0. The minimum absolute atomic E-state index is 0.0560. The Kier molecular flexibility index (Phi) is 4.00. The second-order valence-electron chi connectivity index (χ2n) is 3.47. The average Bonchev–Trinajstić information content (AvgIpc) is 2.26. The number of amides is 1. The summed E-state index contributed by atoms with van der Waals surface area (Å²) in [4.78, 5) is 10.8. The molecular weight excluding hydrogens is 256 g/mol. The van der Waals surface area contributed by atoms with Crippen molar-refractivity contribution in [1.82, 2.24) is 0 Å². The number of benzene rings is 1. The number of carbonyl (C=O) groups is 1. The number of nitrogen functional groups attached to an aromatic ring is 1. The smallest absolute Gasteiger partial charge is 0.340 e. The number of halogens is 4. The van der Waals surface area contributed by atoms with Gasteiger partial charge in [-0.2, -0.15) is 8.78 Å². The fourth-order valence-corrected chi connectivity index (χ4v) is 1.07. The molecule has 4 nitrogen and oxygen atoms in total. The van der Waals surface area contributed by atoms with Crippen LogP contribution in [-0.2, 0) is 0 Å². The molecule has 0 saturated carbocycles. The number of anilines is 1. The summed E-state index contributed by atoms with van der Waals surface area (Å²) in [5.41, 5.74) is 10.3. The number of hydrogen-bond donors (Lipinski definition) is 2. The van der Waals surface area contributed by atoms with Crippen LogP contribution in [0.3, 0.4) is 0 Å². The molecule has 1 aromatic rings. The van der Waals surface area contributed by atoms with Gasteiger partial charge in [-0.1, -0.05) is 0 Å². The maximum absolute atomic E-state index is 12.6. The predicted octanol–water partition coefficient (Wildman–Crippen LogP) is 1.65. The average molecular weight is 266 g/mol. The lowest BCUT2D eigenvalue weighted by Gasteiger charge is -2.16. The third kappa shape index (κ3) is 3.25. The Bertz CT molecular complexity index is 452. The van der Waals surface area contributed by atoms with Gasteiger partial charge in [-0.05, 0) is 18.2 Å². The number of rotatable bonds is 5. The quantitative estimate of drug-likeness (QED) is 0.628. The summed E-state index contributed by atoms with van der Waals surface area (Å²) in [6, 6.07) is 3.41. The first-order valence-electron chi connectivity index (χ1n) is 4.72. The van der Waals surface area contributed by atoms with Gasteiger partial charge in [0.2, 0.25) is 5.91 Å². The van der Waals surface area contributed by atoms with E-state index in [9.17, 15) is 22.4 Å². The molecule has 0 saturated heterocycles. The lowest BCUT2D eigenvalue weighted by molar-refractivity contribution is -0.148. The van der Waals surface area contributed by atoms with Crippen molar-refractivity contribution in [2.45, 2.75) is 12.3 Å². The molecule has 0 aliphatic carbocycles. The highest BCUT2D eigenvalue weighted by Gasteiger charge is 2.41. The molecule has 4 N–H and O–H groups in total. The van der Waals surface area contributed by atoms with Gasteiger partial charge in [0.25, 0.3) is 0 Å². The number of hydrogen-bond acceptors (Lipinski definition) is 3. The summed E-state index contributed by atoms with van der Waals surface area (Å²) in [6.07, 6.45) is -3.83. The third-order valence-electron chi connectivity index (χ3n) is 2.03. The lowest BCUT2D eigenvalue weighted by atomic mass is 10.2. The van der Waals surface area contributed by atoms with Crippen LogP contribution in [0.1, 0.15) is 10.4 Å². The van der Waals surface area contributed by atoms with Gasteiger partial charge in [-0.3, -0.25) is 4.79 Å². The van der Waals surface area contributed by atoms with E-state index in [0.29, 0.717) is 0 Å². The van der Waals surface area contributed by atoms with Crippen LogP contribution in [0.5, 0.6) is 5.75 Å². The van der Waals surface area contributed by atoms with E-state index in [-0.39, 0.29) is 17.0 Å². The molecule has 100 valence electrons. The van der Waals surface area contributed by atoms with Crippen LogP contribution in [0.25, 0.3) is 0 Å². The molecular formula is C10H10F4N2O2. The minimum Gasteiger partial charge on any atom is -0.485 e. The molecule has 18 heavy (non-hydrogen) atoms. The van der Waals surface area contributed by atoms with Crippen molar-refractivity contribution in [3.05, 3.63) is 23.8 Å². The van der Waals surface area contributed by atoms with E-state index < -0.39 is 24.9 Å². The highest BCUT2D eigenvalue weighted by Crippen LogP contribution is 2.27. The maximum atomic E-state index is 12.6. The van der Waals surface area contributed by atoms with Gasteiger partial charge in [-0.15, -0.1) is 0 Å². The van der Waals surface area contributed by atoms with E-state index in [2.05, 4.69) is 4.74 Å². The molecule has 1 rings (SSSR count). The molecule has 0 unspecified atom stereocenters. The summed E-state index contributed by atoms with van der Waals surface area (Å²) in [5.74, 6) is -5.25. The topological polar surface area (TPSA) is 78.3 Å². The molecule has 0 aromatic heterocycles. The molecule has 0 spiro atoms. The van der Waals surface area contributed by atoms with Gasteiger partial charge in [0.1, 0.15) is 5.75 Å². The Balaban J connectivity index is 2.78. The Labute approximate surface area is 99.5 Å². The van der Waals surface area contributed by atoms with Crippen LogP contribution in [0.2, 0.25) is 0 Å². The molecule has 0 fully saturated rings. The van der Waals surface area contributed by atoms with Gasteiger partial charge in [0, 0.05) is 5.56 Å². The fourth-order valence-electron chi connectivity index (χ4n) is 1.07. The zero-order chi connectivity index (χ0) is 13.9. The predicted molar refractivity (Wildman–Crippen MR) is 55.8 cm³/mol. The lowest BCUT2D eigenvalue weighted by Crippen LogP contribution is -2.33. The molecule has 0 radical (unpaired) electrons. The molecule has 0 aliphatic heterocycles. The first-order valence-corrected chi connectivity index (χ1v) is 4.72. The van der Waals surface area contributed by atoms with Gasteiger partial charge in [0.15, 0.2) is 6.61 Å². The van der Waals surface area contributed by atoms with E-state index in [0.717, 1.165) is 12.1 Å². The van der Waals surface area contributed by atoms with Crippen LogP contribution in [0.15, 0.2) is 18.2 Å². The Morgan fingerprint density at radius 2 is 2.00 bits per heavy atom. The molecule has 0 aliphatic rings.